The number of hydrazine groups is 1. The van der Waals surface area contributed by atoms with E-state index in [4.69, 9.17) is 22.2 Å². The number of halogens is 3. The molecule has 0 aliphatic carbocycles. The summed E-state index contributed by atoms with van der Waals surface area (Å²) >= 11 is 8.95. The number of hydrogen-bond acceptors (Lipinski definition) is 5. The van der Waals surface area contributed by atoms with E-state index in [2.05, 4.69) is 31.3 Å². The summed E-state index contributed by atoms with van der Waals surface area (Å²) in [4.78, 5) is 8.48. The zero-order valence-electron chi connectivity index (χ0n) is 11.3. The van der Waals surface area contributed by atoms with Gasteiger partial charge in [0.2, 0.25) is 5.88 Å². The first kappa shape index (κ1) is 15.9. The molecule has 1 heterocycles. The van der Waals surface area contributed by atoms with Crippen molar-refractivity contribution >= 4 is 33.3 Å². The van der Waals surface area contributed by atoms with Gasteiger partial charge in [-0.2, -0.15) is 4.98 Å². The van der Waals surface area contributed by atoms with Crippen LogP contribution in [0.3, 0.4) is 0 Å². The molecule has 0 bridgehead atoms. The molecule has 5 nitrogen and oxygen atoms in total. The number of hydrogen-bond donors (Lipinski definition) is 2. The van der Waals surface area contributed by atoms with Gasteiger partial charge in [0, 0.05) is 18.1 Å². The van der Waals surface area contributed by atoms with Gasteiger partial charge in [0.15, 0.2) is 0 Å². The van der Waals surface area contributed by atoms with E-state index in [1.54, 1.807) is 0 Å². The molecule has 2 rings (SSSR count). The number of ether oxygens (including phenoxy) is 1. The van der Waals surface area contributed by atoms with Crippen LogP contribution in [0.2, 0.25) is 5.02 Å². The van der Waals surface area contributed by atoms with Crippen molar-refractivity contribution in [3.05, 3.63) is 39.3 Å². The first-order chi connectivity index (χ1) is 9.90. The zero-order chi connectivity index (χ0) is 15.6. The molecular weight excluding hydrogens is 363 g/mol. The first-order valence-electron chi connectivity index (χ1n) is 6.08. The monoisotopic (exact) mass is 374 g/mol. The van der Waals surface area contributed by atoms with E-state index >= 15 is 0 Å². The van der Waals surface area contributed by atoms with Gasteiger partial charge in [0.25, 0.3) is 0 Å². The van der Waals surface area contributed by atoms with E-state index < -0.39 is 5.82 Å². The Bertz CT molecular complexity index is 669. The van der Waals surface area contributed by atoms with Crippen molar-refractivity contribution in [2.75, 3.05) is 5.43 Å². The minimum atomic E-state index is -0.579. The Morgan fingerprint density at radius 3 is 2.67 bits per heavy atom. The molecule has 21 heavy (non-hydrogen) atoms. The van der Waals surface area contributed by atoms with Crippen molar-refractivity contribution in [3.63, 3.8) is 0 Å². The molecule has 1 aromatic carbocycles. The van der Waals surface area contributed by atoms with E-state index in [9.17, 15) is 4.39 Å². The molecule has 0 saturated heterocycles. The normalized spacial score (nSPS) is 10.8. The summed E-state index contributed by atoms with van der Waals surface area (Å²) in [5, 5.41) is 0.00379. The maximum Gasteiger partial charge on any atom is 0.224 e. The number of nitrogen functional groups attached to an aromatic ring is 1. The second-order valence-corrected chi connectivity index (χ2v) is 5.81. The van der Waals surface area contributed by atoms with Gasteiger partial charge in [-0.05, 0) is 22.0 Å². The quantitative estimate of drug-likeness (QED) is 0.475. The molecule has 0 fully saturated rings. The molecule has 0 unspecified atom stereocenters. The van der Waals surface area contributed by atoms with E-state index in [0.29, 0.717) is 16.1 Å². The zero-order valence-corrected chi connectivity index (χ0v) is 13.7. The molecule has 0 aliphatic heterocycles. The fraction of sp³-hybridized carbons (Fsp3) is 0.231. The van der Waals surface area contributed by atoms with Gasteiger partial charge in [0.05, 0.1) is 9.50 Å². The lowest BCUT2D eigenvalue weighted by molar-refractivity contribution is 0.450. The highest BCUT2D eigenvalue weighted by Crippen LogP contribution is 2.33. The van der Waals surface area contributed by atoms with Crippen LogP contribution in [-0.2, 0) is 0 Å². The van der Waals surface area contributed by atoms with Crippen LogP contribution in [0.15, 0.2) is 22.7 Å². The first-order valence-corrected chi connectivity index (χ1v) is 7.25. The summed E-state index contributed by atoms with van der Waals surface area (Å²) in [6.07, 6.45) is 0. The molecule has 3 N–H and O–H groups in total. The van der Waals surface area contributed by atoms with Crippen LogP contribution < -0.4 is 16.0 Å². The van der Waals surface area contributed by atoms with E-state index in [0.717, 1.165) is 0 Å². The van der Waals surface area contributed by atoms with Gasteiger partial charge >= 0.3 is 0 Å². The molecule has 0 saturated carbocycles. The smallest absolute Gasteiger partial charge is 0.224 e. The number of anilines is 1. The molecule has 0 radical (unpaired) electrons. The van der Waals surface area contributed by atoms with Crippen molar-refractivity contribution in [3.8, 4) is 11.6 Å². The lowest BCUT2D eigenvalue weighted by Gasteiger charge is -2.12. The number of benzene rings is 1. The van der Waals surface area contributed by atoms with Crippen LogP contribution in [0, 0.1) is 5.82 Å². The molecule has 0 spiro atoms. The number of nitrogens with one attached hydrogen (secondary N) is 1. The van der Waals surface area contributed by atoms with Gasteiger partial charge in [-0.3, -0.25) is 0 Å². The fourth-order valence-electron chi connectivity index (χ4n) is 1.52. The van der Waals surface area contributed by atoms with E-state index in [1.165, 1.54) is 18.2 Å². The minimum absolute atomic E-state index is 0.00379. The minimum Gasteiger partial charge on any atom is -0.438 e. The van der Waals surface area contributed by atoms with Crippen LogP contribution in [0.1, 0.15) is 25.6 Å². The van der Waals surface area contributed by atoms with Crippen LogP contribution in [0.4, 0.5) is 10.2 Å². The Kier molecular flexibility index (Phi) is 4.97. The molecule has 8 heteroatoms. The summed E-state index contributed by atoms with van der Waals surface area (Å²) < 4.78 is 19.6. The maximum atomic E-state index is 13.5. The molecule has 112 valence electrons. The van der Waals surface area contributed by atoms with Crippen LogP contribution in [-0.4, -0.2) is 9.97 Å². The highest BCUT2D eigenvalue weighted by molar-refractivity contribution is 9.10. The third kappa shape index (κ3) is 3.81. The Morgan fingerprint density at radius 1 is 1.33 bits per heavy atom. The van der Waals surface area contributed by atoms with Crippen LogP contribution >= 0.6 is 27.5 Å². The maximum absolute atomic E-state index is 13.5. The second-order valence-electron chi connectivity index (χ2n) is 4.55. The number of aromatic nitrogens is 2. The molecule has 1 aromatic heterocycles. The number of nitrogens with two attached hydrogens (primary N) is 1. The largest absolute Gasteiger partial charge is 0.438 e. The lowest BCUT2D eigenvalue weighted by atomic mass is 10.2. The van der Waals surface area contributed by atoms with E-state index in [1.807, 2.05) is 13.8 Å². The van der Waals surface area contributed by atoms with Crippen molar-refractivity contribution in [1.82, 2.24) is 9.97 Å². The Balaban J connectivity index is 2.39. The van der Waals surface area contributed by atoms with Gasteiger partial charge in [-0.1, -0.05) is 25.4 Å². The SMILES string of the molecule is CC(C)c1nc(NN)cc(Oc2cc(F)c(Cl)cc2Br)n1. The van der Waals surface area contributed by atoms with Gasteiger partial charge in [0.1, 0.15) is 23.2 Å². The van der Waals surface area contributed by atoms with Crippen molar-refractivity contribution in [1.29, 1.82) is 0 Å². The summed E-state index contributed by atoms with van der Waals surface area (Å²) in [5.41, 5.74) is 2.45. The van der Waals surface area contributed by atoms with E-state index in [-0.39, 0.29) is 22.6 Å². The third-order valence-corrected chi connectivity index (χ3v) is 3.48. The van der Waals surface area contributed by atoms with Crippen LogP contribution in [0.25, 0.3) is 0 Å². The average molecular weight is 376 g/mol. The molecule has 2 aromatic rings. The van der Waals surface area contributed by atoms with Crippen molar-refractivity contribution in [2.24, 2.45) is 5.84 Å². The molecular formula is C13H13BrClFN4O. The highest BCUT2D eigenvalue weighted by Gasteiger charge is 2.13. The van der Waals surface area contributed by atoms with Gasteiger partial charge < -0.3 is 10.2 Å². The molecule has 0 atom stereocenters. The standard InChI is InChI=1S/C13H13BrClFN4O/c1-6(2)13-18-11(20-17)5-12(19-13)21-10-4-9(16)8(15)3-7(10)14/h3-6H,17H2,1-2H3,(H,18,19,20). The second kappa shape index (κ2) is 6.55. The summed E-state index contributed by atoms with van der Waals surface area (Å²) in [7, 11) is 0. The van der Waals surface area contributed by atoms with Crippen molar-refractivity contribution in [2.45, 2.75) is 19.8 Å². The molecule has 0 aliphatic rings. The lowest BCUT2D eigenvalue weighted by Crippen LogP contribution is -2.11. The van der Waals surface area contributed by atoms with Crippen LogP contribution in [0.5, 0.6) is 11.6 Å². The highest BCUT2D eigenvalue weighted by atomic mass is 79.9. The topological polar surface area (TPSA) is 73.1 Å². The Labute approximate surface area is 134 Å². The predicted octanol–water partition coefficient (Wildman–Crippen LogP) is 4.23. The predicted molar refractivity (Wildman–Crippen MR) is 83.1 cm³/mol. The van der Waals surface area contributed by atoms with Gasteiger partial charge in [-0.15, -0.1) is 0 Å². The summed E-state index contributed by atoms with van der Waals surface area (Å²) in [5.74, 6) is 6.37. The average Bonchev–Trinajstić information content (AvgIpc) is 2.44. The number of nitrogens with zero attached hydrogens (tertiary/aromatic N) is 2. The Morgan fingerprint density at radius 2 is 2.05 bits per heavy atom. The van der Waals surface area contributed by atoms with Gasteiger partial charge in [-0.25, -0.2) is 15.2 Å². The third-order valence-electron chi connectivity index (χ3n) is 2.57. The Hall–Kier alpha value is -1.44. The van der Waals surface area contributed by atoms with Crippen molar-refractivity contribution < 1.29 is 9.13 Å². The number of rotatable bonds is 4. The molecule has 0 amide bonds. The summed E-state index contributed by atoms with van der Waals surface area (Å²) in [6.45, 7) is 3.88. The fourth-order valence-corrected chi connectivity index (χ4v) is 2.24. The summed E-state index contributed by atoms with van der Waals surface area (Å²) in [6, 6.07) is 4.11.